The summed E-state index contributed by atoms with van der Waals surface area (Å²) in [7, 11) is 0. The van der Waals surface area contributed by atoms with E-state index in [1.165, 1.54) is 12.8 Å². The van der Waals surface area contributed by atoms with Crippen LogP contribution in [-0.2, 0) is 0 Å². The largest absolute Gasteiger partial charge is 0.395 e. The molecule has 0 spiro atoms. The Labute approximate surface area is 76.4 Å². The highest BCUT2D eigenvalue weighted by atomic mass is 16.3. The Hall–Kier alpha value is -0.0800. The monoisotopic (exact) mass is 173 g/mol. The lowest BCUT2D eigenvalue weighted by Gasteiger charge is -2.18. The first-order chi connectivity index (χ1) is 5.56. The highest BCUT2D eigenvalue weighted by molar-refractivity contribution is 4.66. The summed E-state index contributed by atoms with van der Waals surface area (Å²) >= 11 is 0. The summed E-state index contributed by atoms with van der Waals surface area (Å²) in [6.45, 7) is 8.89. The fourth-order valence-corrected chi connectivity index (χ4v) is 1.21. The highest BCUT2D eigenvalue weighted by Gasteiger charge is 2.06. The number of hydrogen-bond acceptors (Lipinski definition) is 2. The predicted octanol–water partition coefficient (Wildman–Crippen LogP) is 1.78. The van der Waals surface area contributed by atoms with Crippen LogP contribution < -0.4 is 5.32 Å². The van der Waals surface area contributed by atoms with Gasteiger partial charge in [0.1, 0.15) is 0 Å². The van der Waals surface area contributed by atoms with E-state index < -0.39 is 0 Å². The number of hydrogen-bond donors (Lipinski definition) is 2. The number of rotatable bonds is 6. The Morgan fingerprint density at radius 2 is 1.58 bits per heavy atom. The topological polar surface area (TPSA) is 32.3 Å². The van der Waals surface area contributed by atoms with E-state index in [2.05, 4.69) is 26.1 Å². The van der Waals surface area contributed by atoms with Crippen molar-refractivity contribution in [2.24, 2.45) is 5.92 Å². The van der Waals surface area contributed by atoms with Gasteiger partial charge < -0.3 is 10.4 Å². The molecule has 0 amide bonds. The molecule has 0 saturated carbocycles. The zero-order chi connectivity index (χ0) is 9.56. The lowest BCUT2D eigenvalue weighted by atomic mass is 10.0. The molecule has 0 aromatic heterocycles. The van der Waals surface area contributed by atoms with E-state index >= 15 is 0 Å². The lowest BCUT2D eigenvalue weighted by Crippen LogP contribution is -2.36. The number of aliphatic hydroxyl groups is 1. The minimum atomic E-state index is 0.228. The molecule has 0 unspecified atom stereocenters. The molecule has 0 bridgehead atoms. The molecule has 0 aromatic rings. The quantitative estimate of drug-likeness (QED) is 0.641. The summed E-state index contributed by atoms with van der Waals surface area (Å²) in [5, 5.41) is 12.1. The van der Waals surface area contributed by atoms with Gasteiger partial charge in [-0.2, -0.15) is 0 Å². The van der Waals surface area contributed by atoms with Crippen molar-refractivity contribution in [2.75, 3.05) is 6.61 Å². The fraction of sp³-hybridized carbons (Fsp3) is 1.00. The molecule has 2 N–H and O–H groups in total. The molecule has 74 valence electrons. The van der Waals surface area contributed by atoms with Crippen molar-refractivity contribution in [2.45, 2.75) is 52.6 Å². The van der Waals surface area contributed by atoms with Crippen molar-refractivity contribution in [1.29, 1.82) is 0 Å². The number of nitrogens with one attached hydrogen (secondary N) is 1. The summed E-state index contributed by atoms with van der Waals surface area (Å²) in [6, 6.07) is 0.752. The lowest BCUT2D eigenvalue weighted by molar-refractivity contribution is 0.239. The van der Waals surface area contributed by atoms with E-state index in [1.54, 1.807) is 0 Å². The van der Waals surface area contributed by atoms with Gasteiger partial charge in [0.15, 0.2) is 0 Å². The van der Waals surface area contributed by atoms with E-state index in [4.69, 9.17) is 5.11 Å². The van der Waals surface area contributed by atoms with Crippen LogP contribution in [0.4, 0.5) is 0 Å². The van der Waals surface area contributed by atoms with E-state index in [9.17, 15) is 0 Å². The third kappa shape index (κ3) is 6.62. The van der Waals surface area contributed by atoms with E-state index in [-0.39, 0.29) is 12.6 Å². The third-order valence-corrected chi connectivity index (χ3v) is 2.02. The van der Waals surface area contributed by atoms with Crippen LogP contribution in [0.5, 0.6) is 0 Å². The molecule has 2 atom stereocenters. The molecular weight excluding hydrogens is 150 g/mol. The molecular formula is C10H23NO. The van der Waals surface area contributed by atoms with Crippen LogP contribution in [0.15, 0.2) is 0 Å². The second kappa shape index (κ2) is 6.44. The molecule has 0 aliphatic heterocycles. The molecule has 0 aliphatic rings. The van der Waals surface area contributed by atoms with Gasteiger partial charge in [0.25, 0.3) is 0 Å². The molecule has 0 aliphatic carbocycles. The molecule has 0 heterocycles. The van der Waals surface area contributed by atoms with E-state index in [0.29, 0.717) is 6.04 Å². The third-order valence-electron chi connectivity index (χ3n) is 2.02. The van der Waals surface area contributed by atoms with Crippen molar-refractivity contribution in [1.82, 2.24) is 5.32 Å². The molecule has 2 nitrogen and oxygen atoms in total. The van der Waals surface area contributed by atoms with Crippen molar-refractivity contribution in [3.05, 3.63) is 0 Å². The first-order valence-corrected chi connectivity index (χ1v) is 4.93. The Balaban J connectivity index is 3.39. The van der Waals surface area contributed by atoms with Crippen molar-refractivity contribution in [3.63, 3.8) is 0 Å². The maximum Gasteiger partial charge on any atom is 0.0582 e. The first kappa shape index (κ1) is 11.9. The van der Waals surface area contributed by atoms with Gasteiger partial charge in [-0.25, -0.2) is 0 Å². The fourth-order valence-electron chi connectivity index (χ4n) is 1.21. The van der Waals surface area contributed by atoms with Gasteiger partial charge in [-0.3, -0.25) is 0 Å². The second-order valence-electron chi connectivity index (χ2n) is 4.12. The summed E-state index contributed by atoms with van der Waals surface area (Å²) in [5.74, 6) is 0.777. The summed E-state index contributed by atoms with van der Waals surface area (Å²) < 4.78 is 0. The Kier molecular flexibility index (Phi) is 6.39. The van der Waals surface area contributed by atoms with Gasteiger partial charge in [-0.1, -0.05) is 13.8 Å². The molecule has 0 radical (unpaired) electrons. The molecule has 0 rings (SSSR count). The Morgan fingerprint density at radius 1 is 1.00 bits per heavy atom. The number of aliphatic hydroxyl groups excluding tert-OH is 1. The average molecular weight is 173 g/mol. The Morgan fingerprint density at radius 3 is 2.00 bits per heavy atom. The van der Waals surface area contributed by atoms with Crippen LogP contribution in [0.2, 0.25) is 0 Å². The molecule has 0 fully saturated rings. The summed E-state index contributed by atoms with van der Waals surface area (Å²) in [6.07, 6.45) is 2.45. The summed E-state index contributed by atoms with van der Waals surface area (Å²) in [5.41, 5.74) is 0. The highest BCUT2D eigenvalue weighted by Crippen LogP contribution is 2.06. The first-order valence-electron chi connectivity index (χ1n) is 4.93. The molecule has 2 heteroatoms. The maximum absolute atomic E-state index is 8.80. The van der Waals surface area contributed by atoms with Gasteiger partial charge in [-0.15, -0.1) is 0 Å². The zero-order valence-corrected chi connectivity index (χ0v) is 8.80. The van der Waals surface area contributed by atoms with E-state index in [0.717, 1.165) is 5.92 Å². The molecule has 0 aromatic carbocycles. The van der Waals surface area contributed by atoms with Crippen LogP contribution in [0.1, 0.15) is 40.5 Å². The van der Waals surface area contributed by atoms with Crippen molar-refractivity contribution < 1.29 is 5.11 Å². The van der Waals surface area contributed by atoms with E-state index in [1.807, 2.05) is 6.92 Å². The van der Waals surface area contributed by atoms with Gasteiger partial charge in [0.2, 0.25) is 0 Å². The second-order valence-corrected chi connectivity index (χ2v) is 4.12. The molecule has 12 heavy (non-hydrogen) atoms. The van der Waals surface area contributed by atoms with Gasteiger partial charge >= 0.3 is 0 Å². The van der Waals surface area contributed by atoms with Gasteiger partial charge in [0.05, 0.1) is 6.61 Å². The SMILES string of the molecule is CC(C)CC[C@H](C)N[C@H](C)CO. The standard InChI is InChI=1S/C10H23NO/c1-8(2)5-6-9(3)11-10(4)7-12/h8-12H,5-7H2,1-4H3/t9-,10+/m0/s1. The van der Waals surface area contributed by atoms with Gasteiger partial charge in [-0.05, 0) is 32.6 Å². The van der Waals surface area contributed by atoms with Crippen LogP contribution >= 0.6 is 0 Å². The van der Waals surface area contributed by atoms with Crippen LogP contribution in [0.3, 0.4) is 0 Å². The Bertz CT molecular complexity index is 104. The van der Waals surface area contributed by atoms with Crippen molar-refractivity contribution >= 4 is 0 Å². The minimum absolute atomic E-state index is 0.228. The average Bonchev–Trinajstić information content (AvgIpc) is 2.00. The summed E-state index contributed by atoms with van der Waals surface area (Å²) in [4.78, 5) is 0. The maximum atomic E-state index is 8.80. The zero-order valence-electron chi connectivity index (χ0n) is 8.80. The normalized spacial score (nSPS) is 16.5. The van der Waals surface area contributed by atoms with Crippen LogP contribution in [0, 0.1) is 5.92 Å². The van der Waals surface area contributed by atoms with Gasteiger partial charge in [0, 0.05) is 12.1 Å². The predicted molar refractivity (Wildman–Crippen MR) is 53.2 cm³/mol. The van der Waals surface area contributed by atoms with Crippen LogP contribution in [0.25, 0.3) is 0 Å². The van der Waals surface area contributed by atoms with Crippen LogP contribution in [-0.4, -0.2) is 23.8 Å². The minimum Gasteiger partial charge on any atom is -0.395 e. The molecule has 0 saturated heterocycles. The van der Waals surface area contributed by atoms with Crippen molar-refractivity contribution in [3.8, 4) is 0 Å². The smallest absolute Gasteiger partial charge is 0.0582 e.